The van der Waals surface area contributed by atoms with Crippen LogP contribution < -0.4 is 20.7 Å². The number of halogens is 2. The molecular formula is C21H26ClFN4O3S. The third kappa shape index (κ3) is 5.26. The molecule has 0 radical (unpaired) electrons. The highest BCUT2D eigenvalue weighted by Gasteiger charge is 2.47. The van der Waals surface area contributed by atoms with Gasteiger partial charge in [-0.15, -0.1) is 0 Å². The van der Waals surface area contributed by atoms with Crippen molar-refractivity contribution in [2.75, 3.05) is 19.4 Å². The molecule has 1 aromatic carbocycles. The third-order valence-corrected chi connectivity index (χ3v) is 7.21. The van der Waals surface area contributed by atoms with Crippen LogP contribution in [-0.2, 0) is 9.59 Å². The van der Waals surface area contributed by atoms with Crippen LogP contribution in [0.2, 0.25) is 5.02 Å². The zero-order chi connectivity index (χ0) is 22.0. The van der Waals surface area contributed by atoms with Gasteiger partial charge in [-0.3, -0.25) is 14.6 Å². The highest BCUT2D eigenvalue weighted by molar-refractivity contribution is 8.13. The number of ether oxygens (including phenoxy) is 1. The van der Waals surface area contributed by atoms with Gasteiger partial charge in [0.05, 0.1) is 5.02 Å². The number of nitrogens with zero attached hydrogens (tertiary/aromatic N) is 1. The molecule has 1 aromatic rings. The molecule has 0 spiro atoms. The van der Waals surface area contributed by atoms with Crippen LogP contribution in [0.4, 0.5) is 4.39 Å². The molecule has 168 valence electrons. The summed E-state index contributed by atoms with van der Waals surface area (Å²) in [6.45, 7) is 0.446. The summed E-state index contributed by atoms with van der Waals surface area (Å²) in [6.07, 6.45) is 5.31. The van der Waals surface area contributed by atoms with E-state index in [-0.39, 0.29) is 47.3 Å². The number of thioether (sulfide) groups is 1. The first-order valence-corrected chi connectivity index (χ1v) is 12.1. The van der Waals surface area contributed by atoms with Crippen molar-refractivity contribution in [3.05, 3.63) is 29.0 Å². The maximum absolute atomic E-state index is 13.5. The normalized spacial score (nSPS) is 29.1. The second-order valence-electron chi connectivity index (χ2n) is 8.26. The Bertz CT molecular complexity index is 880. The van der Waals surface area contributed by atoms with E-state index in [1.54, 1.807) is 0 Å². The van der Waals surface area contributed by atoms with E-state index in [1.165, 1.54) is 23.9 Å². The predicted molar refractivity (Wildman–Crippen MR) is 119 cm³/mol. The van der Waals surface area contributed by atoms with Gasteiger partial charge in [0, 0.05) is 24.7 Å². The molecule has 4 aliphatic rings. The molecule has 2 amide bonds. The van der Waals surface area contributed by atoms with E-state index in [9.17, 15) is 14.0 Å². The van der Waals surface area contributed by atoms with Crippen LogP contribution in [0.3, 0.4) is 0 Å². The second kappa shape index (κ2) is 9.65. The molecule has 3 unspecified atom stereocenters. The number of fused-ring (bicyclic) bond motifs is 2. The van der Waals surface area contributed by atoms with E-state index in [0.29, 0.717) is 31.2 Å². The van der Waals surface area contributed by atoms with Crippen LogP contribution in [0.5, 0.6) is 5.75 Å². The minimum Gasteiger partial charge on any atom is -0.484 e. The molecule has 10 heteroatoms. The smallest absolute Gasteiger partial charge is 0.258 e. The summed E-state index contributed by atoms with van der Waals surface area (Å²) < 4.78 is 18.9. The number of carbonyl (C=O) groups is 2. The number of rotatable bonds is 6. The third-order valence-electron chi connectivity index (χ3n) is 6.27. The summed E-state index contributed by atoms with van der Waals surface area (Å²) in [7, 11) is 0. The molecule has 3 fully saturated rings. The molecule has 31 heavy (non-hydrogen) atoms. The number of nitrogens with one attached hydrogen (secondary N) is 3. The number of amides is 2. The number of hydrogen-bond acceptors (Lipinski definition) is 6. The fraction of sp³-hybridized carbons (Fsp3) is 0.571. The maximum Gasteiger partial charge on any atom is 0.258 e. The molecule has 7 nitrogen and oxygen atoms in total. The Kier molecular flexibility index (Phi) is 6.91. The minimum atomic E-state index is -0.589. The van der Waals surface area contributed by atoms with Crippen molar-refractivity contribution < 1.29 is 18.7 Å². The molecule has 3 saturated carbocycles. The second-order valence-corrected chi connectivity index (χ2v) is 9.46. The largest absolute Gasteiger partial charge is 0.484 e. The molecule has 1 heterocycles. The lowest BCUT2D eigenvalue weighted by Gasteiger charge is -2.51. The summed E-state index contributed by atoms with van der Waals surface area (Å²) in [6, 6.07) is 3.85. The van der Waals surface area contributed by atoms with E-state index in [0.717, 1.165) is 24.1 Å². The maximum atomic E-state index is 13.5. The number of amidine groups is 1. The first kappa shape index (κ1) is 22.2. The van der Waals surface area contributed by atoms with Crippen LogP contribution in [0.1, 0.15) is 25.7 Å². The van der Waals surface area contributed by atoms with Gasteiger partial charge in [-0.2, -0.15) is 0 Å². The van der Waals surface area contributed by atoms with Crippen molar-refractivity contribution in [1.82, 2.24) is 16.0 Å². The lowest BCUT2D eigenvalue weighted by molar-refractivity contribution is -0.127. The zero-order valence-electron chi connectivity index (χ0n) is 17.2. The molecule has 2 bridgehead atoms. The lowest BCUT2D eigenvalue weighted by Crippen LogP contribution is -2.62. The summed E-state index contributed by atoms with van der Waals surface area (Å²) in [5.41, 5.74) is 0. The monoisotopic (exact) mass is 468 g/mol. The zero-order valence-corrected chi connectivity index (χ0v) is 18.8. The highest BCUT2D eigenvalue weighted by atomic mass is 35.5. The predicted octanol–water partition coefficient (Wildman–Crippen LogP) is 2.34. The number of benzene rings is 1. The van der Waals surface area contributed by atoms with Crippen LogP contribution in [0.25, 0.3) is 0 Å². The summed E-state index contributed by atoms with van der Waals surface area (Å²) in [4.78, 5) is 29.5. The molecule has 3 aliphatic carbocycles. The molecule has 1 aliphatic heterocycles. The Balaban J connectivity index is 1.26. The standard InChI is InChI=1S/C21H26ClFN4O3S/c1-31-21-24-5-4-16(27-21)20(29)26-18-9-17(11-6-12(18)7-11)25-19(28)10-30-13-2-3-14(22)15(23)8-13/h2-3,8,11-12,16-18H,4-7,9-10H2,1H3,(H,24,27)(H,25,28)(H,26,29). The molecule has 0 aromatic heterocycles. The van der Waals surface area contributed by atoms with Crippen molar-refractivity contribution in [2.45, 2.75) is 43.8 Å². The van der Waals surface area contributed by atoms with Gasteiger partial charge in [0.2, 0.25) is 5.91 Å². The van der Waals surface area contributed by atoms with Crippen molar-refractivity contribution in [1.29, 1.82) is 0 Å². The minimum absolute atomic E-state index is 0.00371. The van der Waals surface area contributed by atoms with Crippen LogP contribution in [0, 0.1) is 17.7 Å². The van der Waals surface area contributed by atoms with Gasteiger partial charge in [-0.1, -0.05) is 23.4 Å². The van der Waals surface area contributed by atoms with E-state index in [2.05, 4.69) is 20.9 Å². The highest BCUT2D eigenvalue weighted by Crippen LogP contribution is 2.45. The van der Waals surface area contributed by atoms with E-state index < -0.39 is 5.82 Å². The Labute approximate surface area is 189 Å². The van der Waals surface area contributed by atoms with Gasteiger partial charge >= 0.3 is 0 Å². The SMILES string of the molecule is CSC1=NCCC(C(=O)NC2CC(NC(=O)COc3ccc(Cl)c(F)c3)C3CC2C3)N1. The summed E-state index contributed by atoms with van der Waals surface area (Å²) in [5, 5.41) is 10.2. The van der Waals surface area contributed by atoms with E-state index in [4.69, 9.17) is 16.3 Å². The quantitative estimate of drug-likeness (QED) is 0.596. The summed E-state index contributed by atoms with van der Waals surface area (Å²) in [5.74, 6) is 0.295. The Hall–Kier alpha value is -2.00. The first-order valence-electron chi connectivity index (χ1n) is 10.5. The van der Waals surface area contributed by atoms with Crippen LogP contribution in [0.15, 0.2) is 23.2 Å². The number of aliphatic imine (C=N–C) groups is 1. The van der Waals surface area contributed by atoms with Gasteiger partial charge in [0.15, 0.2) is 11.8 Å². The molecule has 3 atom stereocenters. The first-order chi connectivity index (χ1) is 14.9. The molecule has 3 N–H and O–H groups in total. The average Bonchev–Trinajstić information content (AvgIpc) is 2.73. The number of hydrogen-bond donors (Lipinski definition) is 3. The Morgan fingerprint density at radius 1 is 1.26 bits per heavy atom. The van der Waals surface area contributed by atoms with Crippen molar-refractivity contribution in [3.63, 3.8) is 0 Å². The Morgan fingerprint density at radius 2 is 2.00 bits per heavy atom. The van der Waals surface area contributed by atoms with Gasteiger partial charge < -0.3 is 20.7 Å². The fourth-order valence-corrected chi connectivity index (χ4v) is 5.11. The fourth-order valence-electron chi connectivity index (χ4n) is 4.51. The van der Waals surface area contributed by atoms with Gasteiger partial charge in [-0.25, -0.2) is 4.39 Å². The van der Waals surface area contributed by atoms with Crippen molar-refractivity contribution in [2.24, 2.45) is 16.8 Å². The lowest BCUT2D eigenvalue weighted by atomic mass is 9.60. The Morgan fingerprint density at radius 3 is 2.71 bits per heavy atom. The van der Waals surface area contributed by atoms with Crippen molar-refractivity contribution in [3.8, 4) is 5.75 Å². The van der Waals surface area contributed by atoms with E-state index in [1.807, 2.05) is 6.26 Å². The van der Waals surface area contributed by atoms with Crippen LogP contribution in [-0.4, -0.2) is 54.5 Å². The van der Waals surface area contributed by atoms with Gasteiger partial charge in [-0.05, 0) is 55.9 Å². The molecule has 5 rings (SSSR count). The van der Waals surface area contributed by atoms with Crippen molar-refractivity contribution >= 4 is 40.3 Å². The van der Waals surface area contributed by atoms with Crippen LogP contribution >= 0.6 is 23.4 Å². The van der Waals surface area contributed by atoms with E-state index >= 15 is 0 Å². The molecule has 0 saturated heterocycles. The van der Waals surface area contributed by atoms with Gasteiger partial charge in [0.25, 0.3) is 5.91 Å². The van der Waals surface area contributed by atoms with Gasteiger partial charge in [0.1, 0.15) is 17.6 Å². The number of carbonyl (C=O) groups excluding carboxylic acids is 2. The summed E-state index contributed by atoms with van der Waals surface area (Å²) >= 11 is 7.16. The molecular weight excluding hydrogens is 443 g/mol. The topological polar surface area (TPSA) is 91.8 Å². The average molecular weight is 469 g/mol.